The Labute approximate surface area is 271 Å². The van der Waals surface area contributed by atoms with Crippen LogP contribution >= 0.6 is 0 Å². The van der Waals surface area contributed by atoms with Crippen LogP contribution in [0, 0.1) is 13.8 Å². The van der Waals surface area contributed by atoms with Crippen molar-refractivity contribution in [2.24, 2.45) is 0 Å². The van der Waals surface area contributed by atoms with E-state index >= 15 is 0 Å². The molecular weight excluding hydrogens is 542 g/mol. The van der Waals surface area contributed by atoms with Gasteiger partial charge in [-0.3, -0.25) is 14.5 Å². The quantitative estimate of drug-likeness (QED) is 0.141. The summed E-state index contributed by atoms with van der Waals surface area (Å²) in [5.41, 5.74) is 5.18. The summed E-state index contributed by atoms with van der Waals surface area (Å²) in [4.78, 5) is 30.7. The number of unbranched alkanes of at least 4 members (excludes halogenated alkanes) is 9. The molecule has 1 saturated heterocycles. The second kappa shape index (κ2) is 23.7. The van der Waals surface area contributed by atoms with E-state index in [9.17, 15) is 9.59 Å². The molecule has 0 radical (unpaired) electrons. The van der Waals surface area contributed by atoms with Crippen molar-refractivity contribution in [1.29, 1.82) is 0 Å². The van der Waals surface area contributed by atoms with Crippen molar-refractivity contribution in [3.8, 4) is 0 Å². The molecule has 0 bridgehead atoms. The summed E-state index contributed by atoms with van der Waals surface area (Å²) in [7, 11) is 0. The van der Waals surface area contributed by atoms with E-state index in [4.69, 9.17) is 0 Å². The molecule has 2 aromatic carbocycles. The highest BCUT2D eigenvalue weighted by atomic mass is 16.2. The van der Waals surface area contributed by atoms with Crippen LogP contribution in [0.25, 0.3) is 0 Å². The first-order valence-electron chi connectivity index (χ1n) is 17.7. The number of aryl methyl sites for hydroxylation is 2. The first kappa shape index (κ1) is 39.4. The number of carbonyl (C=O) groups is 2. The van der Waals surface area contributed by atoms with Gasteiger partial charge in [-0.05, 0) is 76.1 Å². The van der Waals surface area contributed by atoms with Crippen molar-refractivity contribution in [2.45, 2.75) is 126 Å². The summed E-state index contributed by atoms with van der Waals surface area (Å²) in [5.74, 6) is 0.0943. The van der Waals surface area contributed by atoms with Crippen LogP contribution in [0.15, 0.2) is 42.5 Å². The van der Waals surface area contributed by atoms with E-state index in [2.05, 4.69) is 54.8 Å². The lowest BCUT2D eigenvalue weighted by Gasteiger charge is -2.36. The fourth-order valence-electron chi connectivity index (χ4n) is 5.60. The van der Waals surface area contributed by atoms with Crippen molar-refractivity contribution in [3.05, 3.63) is 59.2 Å². The van der Waals surface area contributed by atoms with Gasteiger partial charge in [0.15, 0.2) is 5.78 Å². The third-order valence-electron chi connectivity index (χ3n) is 8.36. The molecule has 1 amide bonds. The van der Waals surface area contributed by atoms with Crippen molar-refractivity contribution < 1.29 is 9.59 Å². The molecule has 1 heterocycles. The van der Waals surface area contributed by atoms with Crippen LogP contribution in [-0.4, -0.2) is 55.9 Å². The van der Waals surface area contributed by atoms with Crippen LogP contribution in [0.1, 0.15) is 134 Å². The van der Waals surface area contributed by atoms with Gasteiger partial charge in [-0.1, -0.05) is 103 Å². The van der Waals surface area contributed by atoms with Crippen molar-refractivity contribution in [1.82, 2.24) is 4.90 Å². The average Bonchev–Trinajstić information content (AvgIpc) is 3.03. The molecule has 0 aromatic heterocycles. The number of piperazine rings is 1. The van der Waals surface area contributed by atoms with Crippen molar-refractivity contribution >= 4 is 23.1 Å². The molecule has 1 aliphatic rings. The van der Waals surface area contributed by atoms with E-state index in [0.29, 0.717) is 12.1 Å². The number of hydrogen-bond acceptors (Lipinski definition) is 4. The molecule has 5 heteroatoms. The fraction of sp³-hybridized carbons (Fsp3) is 0.641. The van der Waals surface area contributed by atoms with Gasteiger partial charge in [-0.2, -0.15) is 0 Å². The Hall–Kier alpha value is -2.66. The number of benzene rings is 2. The number of amides is 1. The second-order valence-electron chi connectivity index (χ2n) is 12.1. The molecule has 2 aromatic rings. The molecule has 0 saturated carbocycles. The van der Waals surface area contributed by atoms with Crippen LogP contribution in [-0.2, 0) is 4.79 Å². The SMILES string of the molecule is CC.CC(=O)c1ccc(N(CCCCN2CCN(c3ccc(C)cc3)CC2)C(C)=O)c(C)c1.CCCCCCCCCCC. The zero-order valence-corrected chi connectivity index (χ0v) is 29.7. The van der Waals surface area contributed by atoms with Crippen LogP contribution in [0.3, 0.4) is 0 Å². The van der Waals surface area contributed by atoms with Gasteiger partial charge in [0.25, 0.3) is 0 Å². The molecule has 44 heavy (non-hydrogen) atoms. The minimum atomic E-state index is 0.0467. The highest BCUT2D eigenvalue weighted by Gasteiger charge is 2.18. The highest BCUT2D eigenvalue weighted by molar-refractivity contribution is 5.96. The van der Waals surface area contributed by atoms with E-state index in [1.54, 1.807) is 13.8 Å². The molecule has 0 atom stereocenters. The maximum atomic E-state index is 12.2. The van der Waals surface area contributed by atoms with Gasteiger partial charge in [0, 0.05) is 56.6 Å². The maximum absolute atomic E-state index is 12.2. The third kappa shape index (κ3) is 15.4. The zero-order chi connectivity index (χ0) is 32.7. The Kier molecular flexibility index (Phi) is 21.2. The molecule has 0 aliphatic carbocycles. The van der Waals surface area contributed by atoms with E-state index in [1.807, 2.05) is 43.9 Å². The molecule has 248 valence electrons. The Morgan fingerprint density at radius 3 is 1.73 bits per heavy atom. The van der Waals surface area contributed by atoms with E-state index < -0.39 is 0 Å². The minimum Gasteiger partial charge on any atom is -0.369 e. The van der Waals surface area contributed by atoms with Crippen LogP contribution in [0.5, 0.6) is 0 Å². The van der Waals surface area contributed by atoms with Gasteiger partial charge in [0.1, 0.15) is 0 Å². The summed E-state index contributed by atoms with van der Waals surface area (Å²) < 4.78 is 0. The van der Waals surface area contributed by atoms with Gasteiger partial charge < -0.3 is 9.80 Å². The van der Waals surface area contributed by atoms with Gasteiger partial charge in [0.2, 0.25) is 5.91 Å². The topological polar surface area (TPSA) is 43.9 Å². The van der Waals surface area contributed by atoms with Gasteiger partial charge in [0.05, 0.1) is 0 Å². The lowest BCUT2D eigenvalue weighted by molar-refractivity contribution is -0.116. The number of ketones is 1. The molecule has 0 spiro atoms. The smallest absolute Gasteiger partial charge is 0.223 e. The fourth-order valence-corrected chi connectivity index (χ4v) is 5.60. The molecule has 3 rings (SSSR count). The van der Waals surface area contributed by atoms with Crippen LogP contribution in [0.2, 0.25) is 0 Å². The van der Waals surface area contributed by atoms with E-state index in [1.165, 1.54) is 69.0 Å². The molecule has 5 nitrogen and oxygen atoms in total. The highest BCUT2D eigenvalue weighted by Crippen LogP contribution is 2.23. The van der Waals surface area contributed by atoms with Crippen LogP contribution in [0.4, 0.5) is 11.4 Å². The zero-order valence-electron chi connectivity index (χ0n) is 29.7. The lowest BCUT2D eigenvalue weighted by Crippen LogP contribution is -2.46. The Morgan fingerprint density at radius 1 is 0.705 bits per heavy atom. The summed E-state index contributed by atoms with van der Waals surface area (Å²) in [6.45, 7) is 21.9. The molecule has 1 fully saturated rings. The first-order valence-corrected chi connectivity index (χ1v) is 17.7. The Bertz CT molecular complexity index is 1030. The number of rotatable bonds is 16. The van der Waals surface area contributed by atoms with E-state index in [-0.39, 0.29) is 11.7 Å². The van der Waals surface area contributed by atoms with Gasteiger partial charge in [-0.25, -0.2) is 0 Å². The maximum Gasteiger partial charge on any atom is 0.223 e. The number of Topliss-reactive ketones (excluding diaryl/α,β-unsaturated/α-hetero) is 1. The normalized spacial score (nSPS) is 13.0. The van der Waals surface area contributed by atoms with E-state index in [0.717, 1.165) is 56.8 Å². The molecular formula is C39H65N3O2. The molecule has 0 unspecified atom stereocenters. The largest absolute Gasteiger partial charge is 0.369 e. The van der Waals surface area contributed by atoms with Crippen molar-refractivity contribution in [2.75, 3.05) is 49.1 Å². The summed E-state index contributed by atoms with van der Waals surface area (Å²) in [5, 5.41) is 0. The predicted molar refractivity (Wildman–Crippen MR) is 193 cm³/mol. The summed E-state index contributed by atoms with van der Waals surface area (Å²) in [6, 6.07) is 14.4. The minimum absolute atomic E-state index is 0.0467. The van der Waals surface area contributed by atoms with Crippen molar-refractivity contribution in [3.63, 3.8) is 0 Å². The lowest BCUT2D eigenvalue weighted by atomic mass is 10.1. The second-order valence-corrected chi connectivity index (χ2v) is 12.1. The summed E-state index contributed by atoms with van der Waals surface area (Å²) >= 11 is 0. The first-order chi connectivity index (χ1) is 21.3. The number of hydrogen-bond donors (Lipinski definition) is 0. The number of nitrogens with zero attached hydrogens (tertiary/aromatic N) is 3. The predicted octanol–water partition coefficient (Wildman–Crippen LogP) is 10.0. The monoisotopic (exact) mass is 608 g/mol. The summed E-state index contributed by atoms with van der Waals surface area (Å²) in [6.07, 6.45) is 15.0. The number of anilines is 2. The average molecular weight is 608 g/mol. The molecule has 1 aliphatic heterocycles. The Morgan fingerprint density at radius 2 is 1.25 bits per heavy atom. The van der Waals surface area contributed by atoms with Gasteiger partial charge >= 0.3 is 0 Å². The van der Waals surface area contributed by atoms with Gasteiger partial charge in [-0.15, -0.1) is 0 Å². The third-order valence-corrected chi connectivity index (χ3v) is 8.36. The Balaban J connectivity index is 0.000000630. The molecule has 0 N–H and O–H groups in total. The number of carbonyl (C=O) groups excluding carboxylic acids is 2. The standard InChI is InChI=1S/C26H35N3O2.C11H24.C2H6/c1-20-7-10-25(11-8-20)28-17-15-27(16-18-28)13-5-6-14-29(23(4)31)26-12-9-24(22(3)30)19-21(26)2;1-3-5-7-9-11-10-8-6-4-2;1-2/h7-12,19H,5-6,13-18H2,1-4H3;3-11H2,1-2H3;1-2H3. The van der Waals surface area contributed by atoms with Crippen LogP contribution < -0.4 is 9.80 Å².